The molecule has 2 heteroatoms. The molecule has 0 aromatic heterocycles. The number of likely N-dealkylation sites (N-methyl/N-ethyl adjacent to an activating group) is 1. The Morgan fingerprint density at radius 1 is 1.50 bits per heavy atom. The Kier molecular flexibility index (Phi) is 5.64. The fourth-order valence-electron chi connectivity index (χ4n) is 0.904. The number of unbranched alkanes of at least 4 members (excludes halogenated alkanes) is 1. The molecular weight excluding hydrogens is 124 g/mol. The standard InChI is InChI=1S/C8H20N2/c1-4-5-6-8(9)7(2)10-3/h7-8,10H,4-6,9H2,1-3H3. The lowest BCUT2D eigenvalue weighted by Crippen LogP contribution is -2.40. The minimum Gasteiger partial charge on any atom is -0.326 e. The normalized spacial score (nSPS) is 16.8. The fourth-order valence-corrected chi connectivity index (χ4v) is 0.904. The molecule has 0 bridgehead atoms. The van der Waals surface area contributed by atoms with Crippen LogP contribution >= 0.6 is 0 Å². The first-order valence-corrected chi connectivity index (χ1v) is 4.15. The van der Waals surface area contributed by atoms with Crippen LogP contribution in [0.4, 0.5) is 0 Å². The molecule has 62 valence electrons. The molecule has 0 aliphatic heterocycles. The molecule has 10 heavy (non-hydrogen) atoms. The zero-order valence-corrected chi connectivity index (χ0v) is 7.35. The van der Waals surface area contributed by atoms with E-state index in [1.165, 1.54) is 12.8 Å². The molecule has 0 amide bonds. The highest BCUT2D eigenvalue weighted by Crippen LogP contribution is 2.01. The Morgan fingerprint density at radius 2 is 2.10 bits per heavy atom. The third-order valence-corrected chi connectivity index (χ3v) is 1.99. The van der Waals surface area contributed by atoms with Crippen LogP contribution in [0.5, 0.6) is 0 Å². The van der Waals surface area contributed by atoms with Crippen LogP contribution in [0.2, 0.25) is 0 Å². The summed E-state index contributed by atoms with van der Waals surface area (Å²) in [7, 11) is 1.95. The van der Waals surface area contributed by atoms with Gasteiger partial charge in [-0.1, -0.05) is 19.8 Å². The van der Waals surface area contributed by atoms with Crippen LogP contribution in [-0.4, -0.2) is 19.1 Å². The summed E-state index contributed by atoms with van der Waals surface area (Å²) in [6, 6.07) is 0.775. The van der Waals surface area contributed by atoms with Crippen molar-refractivity contribution in [2.45, 2.75) is 45.2 Å². The lowest BCUT2D eigenvalue weighted by molar-refractivity contribution is 0.452. The summed E-state index contributed by atoms with van der Waals surface area (Å²) in [6.45, 7) is 4.32. The van der Waals surface area contributed by atoms with E-state index < -0.39 is 0 Å². The molecule has 2 atom stereocenters. The van der Waals surface area contributed by atoms with Crippen molar-refractivity contribution in [1.82, 2.24) is 5.32 Å². The van der Waals surface area contributed by atoms with Gasteiger partial charge in [0.15, 0.2) is 0 Å². The van der Waals surface area contributed by atoms with Crippen LogP contribution in [0.25, 0.3) is 0 Å². The summed E-state index contributed by atoms with van der Waals surface area (Å²) >= 11 is 0. The molecule has 0 radical (unpaired) electrons. The van der Waals surface area contributed by atoms with Crippen LogP contribution in [0.3, 0.4) is 0 Å². The molecule has 3 N–H and O–H groups in total. The average Bonchev–Trinajstić information content (AvgIpc) is 1.98. The average molecular weight is 144 g/mol. The van der Waals surface area contributed by atoms with Gasteiger partial charge in [-0.15, -0.1) is 0 Å². The van der Waals surface area contributed by atoms with Crippen molar-refractivity contribution >= 4 is 0 Å². The maximum Gasteiger partial charge on any atom is 0.0191 e. The van der Waals surface area contributed by atoms with Crippen molar-refractivity contribution in [3.05, 3.63) is 0 Å². The second-order valence-electron chi connectivity index (χ2n) is 2.88. The first-order valence-electron chi connectivity index (χ1n) is 4.15. The lowest BCUT2D eigenvalue weighted by atomic mass is 10.0. The summed E-state index contributed by atoms with van der Waals surface area (Å²) < 4.78 is 0. The second kappa shape index (κ2) is 5.69. The molecule has 2 unspecified atom stereocenters. The van der Waals surface area contributed by atoms with Crippen molar-refractivity contribution in [2.24, 2.45) is 5.73 Å². The van der Waals surface area contributed by atoms with E-state index in [-0.39, 0.29) is 0 Å². The van der Waals surface area contributed by atoms with Gasteiger partial charge < -0.3 is 11.1 Å². The Balaban J connectivity index is 3.31. The van der Waals surface area contributed by atoms with Gasteiger partial charge in [0.2, 0.25) is 0 Å². The van der Waals surface area contributed by atoms with Crippen LogP contribution in [-0.2, 0) is 0 Å². The van der Waals surface area contributed by atoms with Gasteiger partial charge in [0.25, 0.3) is 0 Å². The molecule has 0 heterocycles. The first-order chi connectivity index (χ1) is 4.72. The molecule has 0 saturated carbocycles. The third kappa shape index (κ3) is 3.85. The molecule has 0 spiro atoms. The van der Waals surface area contributed by atoms with E-state index in [1.807, 2.05) is 7.05 Å². The summed E-state index contributed by atoms with van der Waals surface area (Å²) in [5, 5.41) is 3.15. The largest absolute Gasteiger partial charge is 0.326 e. The van der Waals surface area contributed by atoms with Crippen LogP contribution in [0.15, 0.2) is 0 Å². The number of hydrogen-bond acceptors (Lipinski definition) is 2. The van der Waals surface area contributed by atoms with E-state index >= 15 is 0 Å². The van der Waals surface area contributed by atoms with Crippen molar-refractivity contribution < 1.29 is 0 Å². The Morgan fingerprint density at radius 3 is 2.50 bits per heavy atom. The van der Waals surface area contributed by atoms with Crippen molar-refractivity contribution in [3.8, 4) is 0 Å². The number of hydrogen-bond donors (Lipinski definition) is 2. The monoisotopic (exact) mass is 144 g/mol. The number of nitrogens with two attached hydrogens (primary N) is 1. The smallest absolute Gasteiger partial charge is 0.0191 e. The van der Waals surface area contributed by atoms with E-state index in [1.54, 1.807) is 0 Å². The number of nitrogens with one attached hydrogen (secondary N) is 1. The molecule has 2 nitrogen and oxygen atoms in total. The maximum atomic E-state index is 5.85. The molecule has 0 aliphatic rings. The lowest BCUT2D eigenvalue weighted by Gasteiger charge is -2.18. The van der Waals surface area contributed by atoms with Gasteiger partial charge in [-0.2, -0.15) is 0 Å². The highest BCUT2D eigenvalue weighted by Gasteiger charge is 2.08. The van der Waals surface area contributed by atoms with Gasteiger partial charge in [0.1, 0.15) is 0 Å². The minimum atomic E-state index is 0.324. The molecular formula is C8H20N2. The second-order valence-corrected chi connectivity index (χ2v) is 2.88. The molecule has 0 aromatic rings. The molecule has 0 rings (SSSR count). The summed E-state index contributed by atoms with van der Waals surface area (Å²) in [5.74, 6) is 0. The Labute approximate surface area is 64.2 Å². The first kappa shape index (κ1) is 9.92. The van der Waals surface area contributed by atoms with Gasteiger partial charge in [0.05, 0.1) is 0 Å². The van der Waals surface area contributed by atoms with E-state index in [2.05, 4.69) is 19.2 Å². The van der Waals surface area contributed by atoms with E-state index in [0.717, 1.165) is 6.42 Å². The quantitative estimate of drug-likeness (QED) is 0.606. The summed E-state index contributed by atoms with van der Waals surface area (Å²) in [6.07, 6.45) is 3.62. The summed E-state index contributed by atoms with van der Waals surface area (Å²) in [5.41, 5.74) is 5.85. The fraction of sp³-hybridized carbons (Fsp3) is 1.00. The van der Waals surface area contributed by atoms with E-state index in [4.69, 9.17) is 5.73 Å². The molecule has 0 saturated heterocycles. The van der Waals surface area contributed by atoms with E-state index in [9.17, 15) is 0 Å². The topological polar surface area (TPSA) is 38.0 Å². The van der Waals surface area contributed by atoms with Gasteiger partial charge in [0, 0.05) is 12.1 Å². The van der Waals surface area contributed by atoms with Crippen LogP contribution in [0, 0.1) is 0 Å². The van der Waals surface area contributed by atoms with Gasteiger partial charge in [-0.05, 0) is 20.4 Å². The zero-order chi connectivity index (χ0) is 7.98. The molecule has 0 aliphatic carbocycles. The van der Waals surface area contributed by atoms with Gasteiger partial charge in [-0.25, -0.2) is 0 Å². The number of rotatable bonds is 5. The predicted octanol–water partition coefficient (Wildman–Crippen LogP) is 1.11. The van der Waals surface area contributed by atoms with E-state index in [0.29, 0.717) is 12.1 Å². The van der Waals surface area contributed by atoms with Crippen LogP contribution < -0.4 is 11.1 Å². The van der Waals surface area contributed by atoms with Crippen molar-refractivity contribution in [3.63, 3.8) is 0 Å². The molecule has 0 aromatic carbocycles. The predicted molar refractivity (Wildman–Crippen MR) is 46.0 cm³/mol. The maximum absolute atomic E-state index is 5.85. The third-order valence-electron chi connectivity index (χ3n) is 1.99. The van der Waals surface area contributed by atoms with Gasteiger partial charge in [-0.3, -0.25) is 0 Å². The van der Waals surface area contributed by atoms with Crippen molar-refractivity contribution in [2.75, 3.05) is 7.05 Å². The Hall–Kier alpha value is -0.0800. The zero-order valence-electron chi connectivity index (χ0n) is 7.35. The minimum absolute atomic E-state index is 0.324. The van der Waals surface area contributed by atoms with Gasteiger partial charge >= 0.3 is 0 Å². The highest BCUT2D eigenvalue weighted by atomic mass is 14.9. The Bertz CT molecular complexity index is 73.7. The molecule has 0 fully saturated rings. The highest BCUT2D eigenvalue weighted by molar-refractivity contribution is 4.72. The van der Waals surface area contributed by atoms with Crippen molar-refractivity contribution in [1.29, 1.82) is 0 Å². The summed E-state index contributed by atoms with van der Waals surface area (Å²) in [4.78, 5) is 0. The van der Waals surface area contributed by atoms with Crippen LogP contribution in [0.1, 0.15) is 33.1 Å². The SMILES string of the molecule is CCCCC(N)C(C)NC.